The van der Waals surface area contributed by atoms with Crippen molar-refractivity contribution in [3.8, 4) is 0 Å². The van der Waals surface area contributed by atoms with Gasteiger partial charge in [-0.1, -0.05) is 23.9 Å². The molecule has 0 saturated carbocycles. The molecular formula is C15H12BrFN2OS. The summed E-state index contributed by atoms with van der Waals surface area (Å²) >= 11 is 4.82. The van der Waals surface area contributed by atoms with E-state index in [0.717, 1.165) is 20.6 Å². The molecule has 0 saturated heterocycles. The van der Waals surface area contributed by atoms with Crippen LogP contribution >= 0.6 is 27.7 Å². The van der Waals surface area contributed by atoms with Crippen LogP contribution in [-0.2, 0) is 4.79 Å². The van der Waals surface area contributed by atoms with Crippen LogP contribution in [0.3, 0.4) is 0 Å². The average Bonchev–Trinajstić information content (AvgIpc) is 2.76. The molecule has 1 unspecified atom stereocenters. The van der Waals surface area contributed by atoms with Crippen molar-refractivity contribution in [2.24, 2.45) is 0 Å². The lowest BCUT2D eigenvalue weighted by atomic mass is 10.1. The number of likely N-dealkylation sites (N-methyl/N-ethyl adjacent to an activating group) is 1. The van der Waals surface area contributed by atoms with Gasteiger partial charge in [0.15, 0.2) is 0 Å². The van der Waals surface area contributed by atoms with Gasteiger partial charge in [0.25, 0.3) is 0 Å². The lowest BCUT2D eigenvalue weighted by molar-refractivity contribution is -0.117. The molecule has 108 valence electrons. The van der Waals surface area contributed by atoms with E-state index in [2.05, 4.69) is 26.6 Å². The number of halogens is 2. The topological polar surface area (TPSA) is 41.1 Å². The van der Waals surface area contributed by atoms with Crippen molar-refractivity contribution < 1.29 is 9.18 Å². The standard InChI is InChI=1S/C15H12BrFN2OS/c1-18-14-8-6-9(16)13(7-11(8)19-15(14)20)21-12-5-3-2-4-10(12)17/h2-7,14,18H,1H3,(H,19,20). The predicted molar refractivity (Wildman–Crippen MR) is 85.1 cm³/mol. The maximum absolute atomic E-state index is 13.7. The molecule has 1 aliphatic heterocycles. The molecule has 0 fully saturated rings. The highest BCUT2D eigenvalue weighted by atomic mass is 79.9. The zero-order chi connectivity index (χ0) is 15.0. The highest BCUT2D eigenvalue weighted by Crippen LogP contribution is 2.41. The van der Waals surface area contributed by atoms with Gasteiger partial charge in [0.1, 0.15) is 11.9 Å². The maximum Gasteiger partial charge on any atom is 0.246 e. The van der Waals surface area contributed by atoms with E-state index in [0.29, 0.717) is 4.90 Å². The Morgan fingerprint density at radius 2 is 2.05 bits per heavy atom. The zero-order valence-corrected chi connectivity index (χ0v) is 13.5. The fourth-order valence-corrected chi connectivity index (χ4v) is 3.76. The summed E-state index contributed by atoms with van der Waals surface area (Å²) in [5, 5.41) is 5.81. The number of fused-ring (bicyclic) bond motifs is 1. The van der Waals surface area contributed by atoms with Crippen molar-refractivity contribution in [2.75, 3.05) is 12.4 Å². The van der Waals surface area contributed by atoms with Crippen molar-refractivity contribution in [2.45, 2.75) is 15.8 Å². The Hall–Kier alpha value is -1.37. The molecule has 0 radical (unpaired) electrons. The van der Waals surface area contributed by atoms with Crippen LogP contribution in [0.1, 0.15) is 11.6 Å². The van der Waals surface area contributed by atoms with E-state index in [9.17, 15) is 9.18 Å². The van der Waals surface area contributed by atoms with E-state index in [4.69, 9.17) is 0 Å². The van der Waals surface area contributed by atoms with E-state index >= 15 is 0 Å². The summed E-state index contributed by atoms with van der Waals surface area (Å²) in [5.41, 5.74) is 1.66. The monoisotopic (exact) mass is 366 g/mol. The summed E-state index contributed by atoms with van der Waals surface area (Å²) in [7, 11) is 1.75. The van der Waals surface area contributed by atoms with Crippen LogP contribution in [0.4, 0.5) is 10.1 Å². The SMILES string of the molecule is CNC1C(=O)Nc2cc(Sc3ccccc3F)c(Br)cc21. The molecule has 0 bridgehead atoms. The molecule has 3 nitrogen and oxygen atoms in total. The van der Waals surface area contributed by atoms with E-state index < -0.39 is 0 Å². The second-order valence-electron chi connectivity index (χ2n) is 4.61. The normalized spacial score (nSPS) is 16.7. The highest BCUT2D eigenvalue weighted by Gasteiger charge is 2.30. The summed E-state index contributed by atoms with van der Waals surface area (Å²) in [6.45, 7) is 0. The van der Waals surface area contributed by atoms with Gasteiger partial charge >= 0.3 is 0 Å². The third-order valence-electron chi connectivity index (χ3n) is 3.28. The molecule has 0 spiro atoms. The minimum Gasteiger partial charge on any atom is -0.324 e. The Morgan fingerprint density at radius 1 is 1.29 bits per heavy atom. The van der Waals surface area contributed by atoms with Crippen molar-refractivity contribution in [3.05, 3.63) is 52.3 Å². The van der Waals surface area contributed by atoms with Crippen molar-refractivity contribution in [1.82, 2.24) is 5.32 Å². The highest BCUT2D eigenvalue weighted by molar-refractivity contribution is 9.10. The van der Waals surface area contributed by atoms with Gasteiger partial charge in [-0.3, -0.25) is 4.79 Å². The molecule has 1 amide bonds. The molecule has 2 aromatic carbocycles. The molecule has 1 atom stereocenters. The Kier molecular flexibility index (Phi) is 4.01. The minimum absolute atomic E-state index is 0.0764. The van der Waals surface area contributed by atoms with Gasteiger partial charge < -0.3 is 10.6 Å². The number of benzene rings is 2. The van der Waals surface area contributed by atoms with Crippen LogP contribution in [-0.4, -0.2) is 13.0 Å². The fourth-order valence-electron chi connectivity index (χ4n) is 2.27. The van der Waals surface area contributed by atoms with E-state index in [1.807, 2.05) is 12.1 Å². The second kappa shape index (κ2) is 5.79. The van der Waals surface area contributed by atoms with Gasteiger partial charge in [-0.15, -0.1) is 0 Å². The number of carbonyl (C=O) groups is 1. The van der Waals surface area contributed by atoms with Gasteiger partial charge in [-0.25, -0.2) is 4.39 Å². The lowest BCUT2D eigenvalue weighted by Gasteiger charge is -2.10. The van der Waals surface area contributed by atoms with Gasteiger partial charge in [0.2, 0.25) is 5.91 Å². The molecule has 21 heavy (non-hydrogen) atoms. The Morgan fingerprint density at radius 3 is 2.76 bits per heavy atom. The summed E-state index contributed by atoms with van der Waals surface area (Å²) < 4.78 is 14.6. The first-order chi connectivity index (χ1) is 10.1. The lowest BCUT2D eigenvalue weighted by Crippen LogP contribution is -2.23. The van der Waals surface area contributed by atoms with Crippen LogP contribution in [0.25, 0.3) is 0 Å². The maximum atomic E-state index is 13.7. The Bertz CT molecular complexity index is 723. The van der Waals surface area contributed by atoms with Crippen LogP contribution in [0.2, 0.25) is 0 Å². The molecular weight excluding hydrogens is 355 g/mol. The number of hydrogen-bond donors (Lipinski definition) is 2. The Labute approximate surface area is 134 Å². The summed E-state index contributed by atoms with van der Waals surface area (Å²) in [6, 6.07) is 10.0. The number of anilines is 1. The van der Waals surface area contributed by atoms with Crippen LogP contribution in [0, 0.1) is 5.82 Å². The minimum atomic E-state index is -0.344. The zero-order valence-electron chi connectivity index (χ0n) is 11.1. The largest absolute Gasteiger partial charge is 0.324 e. The number of carbonyl (C=O) groups excluding carboxylic acids is 1. The molecule has 2 N–H and O–H groups in total. The van der Waals surface area contributed by atoms with E-state index in [1.54, 1.807) is 25.2 Å². The molecule has 0 aliphatic carbocycles. The van der Waals surface area contributed by atoms with Crippen LogP contribution < -0.4 is 10.6 Å². The van der Waals surface area contributed by atoms with Crippen LogP contribution in [0.15, 0.2) is 50.7 Å². The van der Waals surface area contributed by atoms with Gasteiger partial charge in [-0.05, 0) is 47.2 Å². The van der Waals surface area contributed by atoms with E-state index in [1.165, 1.54) is 17.8 Å². The summed E-state index contributed by atoms with van der Waals surface area (Å²) in [4.78, 5) is 13.2. The van der Waals surface area contributed by atoms with Gasteiger partial charge in [0, 0.05) is 25.5 Å². The van der Waals surface area contributed by atoms with Gasteiger partial charge in [0.05, 0.1) is 0 Å². The first-order valence-corrected chi connectivity index (χ1v) is 7.95. The fraction of sp³-hybridized carbons (Fsp3) is 0.133. The molecule has 6 heteroatoms. The van der Waals surface area contributed by atoms with Crippen molar-refractivity contribution >= 4 is 39.3 Å². The number of amides is 1. The predicted octanol–water partition coefficient (Wildman–Crippen LogP) is 3.95. The number of nitrogens with one attached hydrogen (secondary N) is 2. The molecule has 1 aliphatic rings. The smallest absolute Gasteiger partial charge is 0.246 e. The number of rotatable bonds is 3. The first kappa shape index (κ1) is 14.6. The summed E-state index contributed by atoms with van der Waals surface area (Å²) in [5.74, 6) is -0.334. The van der Waals surface area contributed by atoms with Crippen molar-refractivity contribution in [3.63, 3.8) is 0 Å². The molecule has 2 aromatic rings. The molecule has 1 heterocycles. The second-order valence-corrected chi connectivity index (χ2v) is 6.55. The van der Waals surface area contributed by atoms with Crippen molar-refractivity contribution in [1.29, 1.82) is 0 Å². The first-order valence-electron chi connectivity index (χ1n) is 6.34. The molecule has 3 rings (SSSR count). The van der Waals surface area contributed by atoms with Crippen LogP contribution in [0.5, 0.6) is 0 Å². The average molecular weight is 367 g/mol. The third-order valence-corrected chi connectivity index (χ3v) is 5.31. The number of hydrogen-bond acceptors (Lipinski definition) is 3. The van der Waals surface area contributed by atoms with Gasteiger partial charge in [-0.2, -0.15) is 0 Å². The third kappa shape index (κ3) is 2.71. The Balaban J connectivity index is 1.98. The van der Waals surface area contributed by atoms with E-state index in [-0.39, 0.29) is 17.8 Å². The summed E-state index contributed by atoms with van der Waals surface area (Å²) in [6.07, 6.45) is 0. The quantitative estimate of drug-likeness (QED) is 0.863. The molecule has 0 aromatic heterocycles.